The third kappa shape index (κ3) is 3.23. The smallest absolute Gasteiger partial charge is 0.269 e. The number of pyridine rings is 1. The maximum atomic E-state index is 11.4. The highest BCUT2D eigenvalue weighted by Crippen LogP contribution is 2.34. The molecule has 1 aromatic heterocycles. The first-order valence-electron chi connectivity index (χ1n) is 6.31. The summed E-state index contributed by atoms with van der Waals surface area (Å²) in [7, 11) is 1.62. The highest BCUT2D eigenvalue weighted by molar-refractivity contribution is 5.91. The summed E-state index contributed by atoms with van der Waals surface area (Å²) in [6, 6.07) is 3.77. The minimum absolute atomic E-state index is 0. The number of carbonyl (C=O) groups is 1. The second-order valence-corrected chi connectivity index (χ2v) is 5.38. The average Bonchev–Trinajstić information content (AvgIpc) is 2.30. The van der Waals surface area contributed by atoms with Crippen molar-refractivity contribution in [2.45, 2.75) is 6.54 Å². The van der Waals surface area contributed by atoms with Crippen LogP contribution in [0.25, 0.3) is 0 Å². The van der Waals surface area contributed by atoms with Gasteiger partial charge in [-0.05, 0) is 11.6 Å². The second-order valence-electron chi connectivity index (χ2n) is 5.38. The highest BCUT2D eigenvalue weighted by Gasteiger charge is 2.47. The van der Waals surface area contributed by atoms with Crippen LogP contribution < -0.4 is 10.6 Å². The number of aromatic nitrogens is 1. The standard InChI is InChI=1S/C13H18N4O.2ClH/c1-14-12(18)11-3-2-10(4-16-11)5-17-8-13(9-17)6-15-7-13;;/h2-4,15H,5-9H2,1H3,(H,14,18);2*1H. The van der Waals surface area contributed by atoms with E-state index in [0.29, 0.717) is 11.1 Å². The molecule has 0 atom stereocenters. The van der Waals surface area contributed by atoms with E-state index in [1.165, 1.54) is 18.7 Å². The molecule has 2 aliphatic rings. The fourth-order valence-corrected chi connectivity index (χ4v) is 2.75. The Hall–Kier alpha value is -0.880. The molecule has 2 N–H and O–H groups in total. The minimum Gasteiger partial charge on any atom is -0.354 e. The molecule has 2 fully saturated rings. The Morgan fingerprint density at radius 1 is 1.40 bits per heavy atom. The number of hydrogen-bond acceptors (Lipinski definition) is 4. The van der Waals surface area contributed by atoms with Crippen molar-refractivity contribution >= 4 is 30.7 Å². The molecule has 1 amide bonds. The van der Waals surface area contributed by atoms with Crippen molar-refractivity contribution in [3.05, 3.63) is 29.6 Å². The minimum atomic E-state index is -0.134. The molecule has 5 nitrogen and oxygen atoms in total. The van der Waals surface area contributed by atoms with Crippen LogP contribution in [0.1, 0.15) is 16.1 Å². The van der Waals surface area contributed by atoms with E-state index in [4.69, 9.17) is 0 Å². The fraction of sp³-hybridized carbons (Fsp3) is 0.538. The Morgan fingerprint density at radius 3 is 2.55 bits per heavy atom. The van der Waals surface area contributed by atoms with E-state index in [-0.39, 0.29) is 30.7 Å². The third-order valence-corrected chi connectivity index (χ3v) is 3.81. The molecule has 3 rings (SSSR count). The van der Waals surface area contributed by atoms with E-state index < -0.39 is 0 Å². The van der Waals surface area contributed by atoms with E-state index >= 15 is 0 Å². The van der Waals surface area contributed by atoms with Gasteiger partial charge in [-0.3, -0.25) is 14.7 Å². The Morgan fingerprint density at radius 2 is 2.10 bits per heavy atom. The summed E-state index contributed by atoms with van der Waals surface area (Å²) in [6.07, 6.45) is 1.80. The van der Waals surface area contributed by atoms with Crippen molar-refractivity contribution in [1.82, 2.24) is 20.5 Å². The van der Waals surface area contributed by atoms with Gasteiger partial charge in [-0.2, -0.15) is 0 Å². The summed E-state index contributed by atoms with van der Waals surface area (Å²) in [5.74, 6) is -0.134. The lowest BCUT2D eigenvalue weighted by Gasteiger charge is -2.56. The quantitative estimate of drug-likeness (QED) is 0.861. The van der Waals surface area contributed by atoms with Crippen molar-refractivity contribution in [1.29, 1.82) is 0 Å². The molecule has 1 aromatic rings. The van der Waals surface area contributed by atoms with Crippen LogP contribution in [0.2, 0.25) is 0 Å². The van der Waals surface area contributed by atoms with Crippen molar-refractivity contribution in [3.63, 3.8) is 0 Å². The molecule has 0 bridgehead atoms. The Labute approximate surface area is 131 Å². The van der Waals surface area contributed by atoms with Crippen molar-refractivity contribution in [3.8, 4) is 0 Å². The van der Waals surface area contributed by atoms with Gasteiger partial charge in [-0.25, -0.2) is 0 Å². The first-order valence-corrected chi connectivity index (χ1v) is 6.31. The molecule has 2 aliphatic heterocycles. The van der Waals surface area contributed by atoms with Crippen LogP contribution in [-0.2, 0) is 6.54 Å². The zero-order valence-corrected chi connectivity index (χ0v) is 13.0. The normalized spacial score (nSPS) is 19.1. The van der Waals surface area contributed by atoms with E-state index in [1.54, 1.807) is 19.3 Å². The van der Waals surface area contributed by atoms with Crippen LogP contribution in [-0.4, -0.2) is 49.0 Å². The first kappa shape index (κ1) is 17.2. The summed E-state index contributed by atoms with van der Waals surface area (Å²) in [4.78, 5) is 18.0. The number of amides is 1. The monoisotopic (exact) mass is 318 g/mol. The lowest BCUT2D eigenvalue weighted by atomic mass is 9.74. The SMILES string of the molecule is CNC(=O)c1ccc(CN2CC3(CNC3)C2)cn1.Cl.Cl. The van der Waals surface area contributed by atoms with Crippen LogP contribution in [0, 0.1) is 5.41 Å². The molecule has 3 heterocycles. The Balaban J connectivity index is 0.000001000. The molecular weight excluding hydrogens is 299 g/mol. The molecule has 0 saturated carbocycles. The zero-order chi connectivity index (χ0) is 12.6. The summed E-state index contributed by atoms with van der Waals surface area (Å²) >= 11 is 0. The van der Waals surface area contributed by atoms with E-state index in [9.17, 15) is 4.79 Å². The second kappa shape index (κ2) is 6.72. The number of rotatable bonds is 3. The van der Waals surface area contributed by atoms with E-state index in [0.717, 1.165) is 19.6 Å². The lowest BCUT2D eigenvalue weighted by Crippen LogP contribution is -2.70. The average molecular weight is 319 g/mol. The highest BCUT2D eigenvalue weighted by atomic mass is 35.5. The number of nitrogens with zero attached hydrogens (tertiary/aromatic N) is 2. The largest absolute Gasteiger partial charge is 0.354 e. The zero-order valence-electron chi connectivity index (χ0n) is 11.4. The Kier molecular flexibility index (Phi) is 5.77. The molecular formula is C13H20Cl2N4O. The van der Waals surface area contributed by atoms with Crippen molar-refractivity contribution in [2.24, 2.45) is 5.41 Å². The van der Waals surface area contributed by atoms with Crippen LogP contribution in [0.5, 0.6) is 0 Å². The van der Waals surface area contributed by atoms with Crippen LogP contribution in [0.4, 0.5) is 0 Å². The van der Waals surface area contributed by atoms with Crippen molar-refractivity contribution in [2.75, 3.05) is 33.2 Å². The van der Waals surface area contributed by atoms with Crippen LogP contribution in [0.15, 0.2) is 18.3 Å². The predicted octanol–water partition coefficient (Wildman–Crippen LogP) is 0.690. The third-order valence-electron chi connectivity index (χ3n) is 3.81. The maximum absolute atomic E-state index is 11.4. The lowest BCUT2D eigenvalue weighted by molar-refractivity contribution is -0.0445. The Bertz CT molecular complexity index is 454. The number of carbonyl (C=O) groups excluding carboxylic acids is 1. The van der Waals surface area contributed by atoms with E-state index in [2.05, 4.69) is 20.5 Å². The fourth-order valence-electron chi connectivity index (χ4n) is 2.75. The van der Waals surface area contributed by atoms with Gasteiger partial charge in [0.2, 0.25) is 0 Å². The summed E-state index contributed by atoms with van der Waals surface area (Å²) < 4.78 is 0. The van der Waals surface area contributed by atoms with Gasteiger partial charge in [0.05, 0.1) is 0 Å². The van der Waals surface area contributed by atoms with Crippen LogP contribution >= 0.6 is 24.8 Å². The maximum Gasteiger partial charge on any atom is 0.269 e. The van der Waals surface area contributed by atoms with Gasteiger partial charge in [0, 0.05) is 51.4 Å². The molecule has 112 valence electrons. The van der Waals surface area contributed by atoms with Gasteiger partial charge in [0.25, 0.3) is 5.91 Å². The summed E-state index contributed by atoms with van der Waals surface area (Å²) in [5.41, 5.74) is 2.21. The summed E-state index contributed by atoms with van der Waals surface area (Å²) in [6.45, 7) is 5.62. The van der Waals surface area contributed by atoms with Gasteiger partial charge in [-0.15, -0.1) is 24.8 Å². The molecule has 0 unspecified atom stereocenters. The first-order chi connectivity index (χ1) is 8.71. The molecule has 0 radical (unpaired) electrons. The number of likely N-dealkylation sites (tertiary alicyclic amines) is 1. The van der Waals surface area contributed by atoms with Crippen LogP contribution in [0.3, 0.4) is 0 Å². The molecule has 2 saturated heterocycles. The number of nitrogens with one attached hydrogen (secondary N) is 2. The predicted molar refractivity (Wildman–Crippen MR) is 82.7 cm³/mol. The van der Waals surface area contributed by atoms with Gasteiger partial charge < -0.3 is 10.6 Å². The van der Waals surface area contributed by atoms with Gasteiger partial charge in [-0.1, -0.05) is 6.07 Å². The molecule has 1 spiro atoms. The van der Waals surface area contributed by atoms with Crippen molar-refractivity contribution < 1.29 is 4.79 Å². The molecule has 0 aliphatic carbocycles. The van der Waals surface area contributed by atoms with Gasteiger partial charge in [0.15, 0.2) is 0 Å². The number of hydrogen-bond donors (Lipinski definition) is 2. The topological polar surface area (TPSA) is 57.3 Å². The van der Waals surface area contributed by atoms with E-state index in [1.807, 2.05) is 6.07 Å². The van der Waals surface area contributed by atoms with Gasteiger partial charge in [0.1, 0.15) is 5.69 Å². The molecule has 7 heteroatoms. The van der Waals surface area contributed by atoms with Gasteiger partial charge >= 0.3 is 0 Å². The molecule has 0 aromatic carbocycles. The molecule has 20 heavy (non-hydrogen) atoms. The number of halogens is 2. The summed E-state index contributed by atoms with van der Waals surface area (Å²) in [5, 5.41) is 5.90.